The highest BCUT2D eigenvalue weighted by Gasteiger charge is 2.23. The molecule has 2 aromatic rings. The van der Waals surface area contributed by atoms with Crippen LogP contribution >= 0.6 is 0 Å². The maximum absolute atomic E-state index is 12.4. The van der Waals surface area contributed by atoms with Crippen molar-refractivity contribution in [3.63, 3.8) is 0 Å². The van der Waals surface area contributed by atoms with Gasteiger partial charge >= 0.3 is 12.6 Å². The van der Waals surface area contributed by atoms with Gasteiger partial charge in [0.1, 0.15) is 5.75 Å². The molecule has 0 unspecified atom stereocenters. The number of nitrogens with zero attached hydrogens (tertiary/aromatic N) is 3. The minimum atomic E-state index is -3.17. The van der Waals surface area contributed by atoms with Crippen LogP contribution in [0.5, 0.6) is 11.6 Å². The Labute approximate surface area is 117 Å². The Hall–Kier alpha value is -2.71. The van der Waals surface area contributed by atoms with Gasteiger partial charge in [-0.2, -0.15) is 8.78 Å². The van der Waals surface area contributed by atoms with Crippen LogP contribution < -0.4 is 9.47 Å². The largest absolute Gasteiger partial charge is 0.497 e. The Kier molecular flexibility index (Phi) is 4.31. The van der Waals surface area contributed by atoms with Crippen LogP contribution in [-0.4, -0.2) is 39.8 Å². The van der Waals surface area contributed by atoms with Crippen molar-refractivity contribution >= 4 is 5.97 Å². The second kappa shape index (κ2) is 6.16. The first-order valence-corrected chi connectivity index (χ1v) is 5.75. The van der Waals surface area contributed by atoms with Crippen molar-refractivity contribution in [2.75, 3.05) is 7.11 Å². The van der Waals surface area contributed by atoms with Crippen molar-refractivity contribution in [3.05, 3.63) is 35.5 Å². The van der Waals surface area contributed by atoms with Crippen LogP contribution in [0, 0.1) is 0 Å². The summed E-state index contributed by atoms with van der Waals surface area (Å²) < 4.78 is 34.9. The van der Waals surface area contributed by atoms with Crippen LogP contribution in [0.3, 0.4) is 0 Å². The van der Waals surface area contributed by atoms with E-state index in [2.05, 4.69) is 15.0 Å². The van der Waals surface area contributed by atoms with Crippen LogP contribution in [-0.2, 0) is 6.54 Å². The normalized spacial score (nSPS) is 10.7. The summed E-state index contributed by atoms with van der Waals surface area (Å²) in [6, 6.07) is 6.73. The van der Waals surface area contributed by atoms with Crippen LogP contribution in [0.15, 0.2) is 24.3 Å². The molecule has 0 radical (unpaired) electrons. The summed E-state index contributed by atoms with van der Waals surface area (Å²) in [5.74, 6) is -1.45. The number of carboxylic acids is 1. The Morgan fingerprint density at radius 3 is 2.57 bits per heavy atom. The summed E-state index contributed by atoms with van der Waals surface area (Å²) in [7, 11) is 1.51. The standard InChI is InChI=1S/C12H11F2N3O4/c1-20-8-4-2-7(3-5-8)6-17-10(21-12(13)14)9(11(18)19)15-16-17/h2-5,12H,6H2,1H3,(H,18,19). The van der Waals surface area contributed by atoms with E-state index < -0.39 is 24.2 Å². The fraction of sp³-hybridized carbons (Fsp3) is 0.250. The average Bonchev–Trinajstić information content (AvgIpc) is 2.82. The maximum Gasteiger partial charge on any atom is 0.388 e. The summed E-state index contributed by atoms with van der Waals surface area (Å²) in [4.78, 5) is 10.9. The van der Waals surface area contributed by atoms with Gasteiger partial charge in [0.25, 0.3) is 5.88 Å². The second-order valence-corrected chi connectivity index (χ2v) is 3.93. The first-order valence-electron chi connectivity index (χ1n) is 5.75. The fourth-order valence-electron chi connectivity index (χ4n) is 1.65. The van der Waals surface area contributed by atoms with Gasteiger partial charge in [0, 0.05) is 0 Å². The monoisotopic (exact) mass is 299 g/mol. The number of benzene rings is 1. The molecule has 7 nitrogen and oxygen atoms in total. The molecule has 0 saturated carbocycles. The summed E-state index contributed by atoms with van der Waals surface area (Å²) in [5.41, 5.74) is 0.0283. The van der Waals surface area contributed by atoms with Crippen LogP contribution in [0.25, 0.3) is 0 Å². The third kappa shape index (κ3) is 3.44. The lowest BCUT2D eigenvalue weighted by Gasteiger charge is -2.08. The number of hydrogen-bond acceptors (Lipinski definition) is 5. The Morgan fingerprint density at radius 1 is 1.38 bits per heavy atom. The Morgan fingerprint density at radius 2 is 2.05 bits per heavy atom. The summed E-state index contributed by atoms with van der Waals surface area (Å²) in [6.07, 6.45) is 0. The quantitative estimate of drug-likeness (QED) is 0.872. The zero-order chi connectivity index (χ0) is 15.4. The molecule has 1 aromatic heterocycles. The molecule has 0 aliphatic carbocycles. The summed E-state index contributed by atoms with van der Waals surface area (Å²) in [6.45, 7) is -3.14. The van der Waals surface area contributed by atoms with Crippen molar-refractivity contribution in [2.45, 2.75) is 13.2 Å². The van der Waals surface area contributed by atoms with E-state index in [1.807, 2.05) is 0 Å². The number of rotatable bonds is 6. The van der Waals surface area contributed by atoms with Crippen LogP contribution in [0.4, 0.5) is 8.78 Å². The number of aromatic carboxylic acids is 1. The Bertz CT molecular complexity index is 628. The summed E-state index contributed by atoms with van der Waals surface area (Å²) >= 11 is 0. The molecular formula is C12H11F2N3O4. The minimum Gasteiger partial charge on any atom is -0.497 e. The van der Waals surface area contributed by atoms with Gasteiger partial charge in [0.2, 0.25) is 5.69 Å². The molecule has 0 spiro atoms. The zero-order valence-corrected chi connectivity index (χ0v) is 10.9. The summed E-state index contributed by atoms with van der Waals surface area (Å²) in [5, 5.41) is 15.7. The molecule has 0 atom stereocenters. The van der Waals surface area contributed by atoms with Crippen molar-refractivity contribution < 1.29 is 28.2 Å². The van der Waals surface area contributed by atoms with Gasteiger partial charge in [-0.1, -0.05) is 17.3 Å². The molecule has 1 N–H and O–H groups in total. The van der Waals surface area contributed by atoms with Gasteiger partial charge in [0.15, 0.2) is 0 Å². The minimum absolute atomic E-state index is 0.0341. The van der Waals surface area contributed by atoms with Crippen LogP contribution in [0.2, 0.25) is 0 Å². The van der Waals surface area contributed by atoms with Gasteiger partial charge < -0.3 is 14.6 Å². The lowest BCUT2D eigenvalue weighted by Crippen LogP contribution is -2.12. The highest BCUT2D eigenvalue weighted by Crippen LogP contribution is 2.20. The fourth-order valence-corrected chi connectivity index (χ4v) is 1.65. The molecule has 0 fully saturated rings. The number of carbonyl (C=O) groups is 1. The number of carboxylic acid groups (broad SMARTS) is 1. The average molecular weight is 299 g/mol. The molecule has 2 rings (SSSR count). The lowest BCUT2D eigenvalue weighted by molar-refractivity contribution is -0.0561. The molecular weight excluding hydrogens is 288 g/mol. The smallest absolute Gasteiger partial charge is 0.388 e. The third-order valence-corrected chi connectivity index (χ3v) is 2.58. The molecule has 9 heteroatoms. The molecule has 1 heterocycles. The van der Waals surface area contributed by atoms with E-state index in [4.69, 9.17) is 9.84 Å². The topological polar surface area (TPSA) is 86.5 Å². The zero-order valence-electron chi connectivity index (χ0n) is 10.9. The molecule has 0 bridgehead atoms. The number of alkyl halides is 2. The molecule has 0 saturated heterocycles. The SMILES string of the molecule is COc1ccc(Cn2nnc(C(=O)O)c2OC(F)F)cc1. The predicted octanol–water partition coefficient (Wildman–Crippen LogP) is 1.63. The predicted molar refractivity (Wildman–Crippen MR) is 65.7 cm³/mol. The molecule has 0 aliphatic rings. The number of methoxy groups -OCH3 is 1. The van der Waals surface area contributed by atoms with Crippen LogP contribution in [0.1, 0.15) is 16.1 Å². The second-order valence-electron chi connectivity index (χ2n) is 3.93. The number of aromatic nitrogens is 3. The van der Waals surface area contributed by atoms with Gasteiger partial charge in [-0.3, -0.25) is 0 Å². The van der Waals surface area contributed by atoms with Gasteiger partial charge in [0.05, 0.1) is 13.7 Å². The van der Waals surface area contributed by atoms with Crippen molar-refractivity contribution in [3.8, 4) is 11.6 Å². The van der Waals surface area contributed by atoms with Gasteiger partial charge in [-0.05, 0) is 17.7 Å². The number of halogens is 2. The van der Waals surface area contributed by atoms with E-state index in [1.54, 1.807) is 24.3 Å². The first kappa shape index (κ1) is 14.7. The van der Waals surface area contributed by atoms with E-state index in [9.17, 15) is 13.6 Å². The van der Waals surface area contributed by atoms with E-state index in [0.29, 0.717) is 11.3 Å². The molecule has 1 aromatic carbocycles. The lowest BCUT2D eigenvalue weighted by atomic mass is 10.2. The van der Waals surface area contributed by atoms with Gasteiger partial charge in [-0.25, -0.2) is 9.48 Å². The molecule has 21 heavy (non-hydrogen) atoms. The van der Waals surface area contributed by atoms with E-state index in [-0.39, 0.29) is 6.54 Å². The van der Waals surface area contributed by atoms with Crippen molar-refractivity contribution in [1.82, 2.24) is 15.0 Å². The number of ether oxygens (including phenoxy) is 2. The van der Waals surface area contributed by atoms with E-state index in [1.165, 1.54) is 7.11 Å². The number of hydrogen-bond donors (Lipinski definition) is 1. The van der Waals surface area contributed by atoms with Crippen molar-refractivity contribution in [2.24, 2.45) is 0 Å². The third-order valence-electron chi connectivity index (χ3n) is 2.58. The molecule has 0 aliphatic heterocycles. The molecule has 112 valence electrons. The maximum atomic E-state index is 12.4. The Balaban J connectivity index is 2.27. The first-order chi connectivity index (χ1) is 10.0. The van der Waals surface area contributed by atoms with Gasteiger partial charge in [-0.15, -0.1) is 5.10 Å². The van der Waals surface area contributed by atoms with E-state index in [0.717, 1.165) is 4.68 Å². The highest BCUT2D eigenvalue weighted by molar-refractivity contribution is 5.87. The van der Waals surface area contributed by atoms with E-state index >= 15 is 0 Å². The van der Waals surface area contributed by atoms with Crippen molar-refractivity contribution in [1.29, 1.82) is 0 Å². The molecule has 0 amide bonds. The highest BCUT2D eigenvalue weighted by atomic mass is 19.3.